The number of nitrogens with one attached hydrogen (secondary N) is 1. The van der Waals surface area contributed by atoms with Crippen molar-refractivity contribution in [2.24, 2.45) is 17.8 Å². The van der Waals surface area contributed by atoms with Gasteiger partial charge in [0.15, 0.2) is 0 Å². The molecule has 20 heavy (non-hydrogen) atoms. The van der Waals surface area contributed by atoms with Gasteiger partial charge in [-0.05, 0) is 44.4 Å². The Kier molecular flexibility index (Phi) is 7.63. The first-order valence-electron chi connectivity index (χ1n) is 8.08. The average molecular weight is 283 g/mol. The van der Waals surface area contributed by atoms with E-state index in [1.165, 1.54) is 0 Å². The number of carboxylic acid groups (broad SMARTS) is 1. The van der Waals surface area contributed by atoms with E-state index in [0.29, 0.717) is 12.5 Å². The van der Waals surface area contributed by atoms with Crippen LogP contribution in [0.1, 0.15) is 65.2 Å². The molecule has 0 aliphatic heterocycles. The summed E-state index contributed by atoms with van der Waals surface area (Å²) in [5.74, 6) is -0.0576. The van der Waals surface area contributed by atoms with Gasteiger partial charge >= 0.3 is 5.97 Å². The van der Waals surface area contributed by atoms with Crippen LogP contribution in [0.15, 0.2) is 0 Å². The van der Waals surface area contributed by atoms with E-state index in [2.05, 4.69) is 19.2 Å². The van der Waals surface area contributed by atoms with E-state index in [0.717, 1.165) is 51.4 Å². The summed E-state index contributed by atoms with van der Waals surface area (Å²) in [5, 5.41) is 12.0. The van der Waals surface area contributed by atoms with Crippen LogP contribution >= 0.6 is 0 Å². The molecule has 1 aliphatic rings. The summed E-state index contributed by atoms with van der Waals surface area (Å²) in [7, 11) is 0. The van der Waals surface area contributed by atoms with Crippen LogP contribution in [0.5, 0.6) is 0 Å². The van der Waals surface area contributed by atoms with Gasteiger partial charge in [-0.1, -0.05) is 26.7 Å². The van der Waals surface area contributed by atoms with Crippen LogP contribution in [0.4, 0.5) is 0 Å². The molecule has 116 valence electrons. The number of amides is 1. The maximum absolute atomic E-state index is 12.1. The first kappa shape index (κ1) is 17.0. The maximum Gasteiger partial charge on any atom is 0.306 e. The molecule has 0 heterocycles. The summed E-state index contributed by atoms with van der Waals surface area (Å²) in [4.78, 5) is 23.0. The topological polar surface area (TPSA) is 66.4 Å². The molecule has 4 nitrogen and oxygen atoms in total. The normalized spacial score (nSPS) is 24.1. The van der Waals surface area contributed by atoms with Crippen molar-refractivity contribution in [2.75, 3.05) is 6.54 Å². The summed E-state index contributed by atoms with van der Waals surface area (Å²) >= 11 is 0. The number of carbonyl (C=O) groups is 2. The van der Waals surface area contributed by atoms with Gasteiger partial charge in [-0.25, -0.2) is 0 Å². The minimum absolute atomic E-state index is 0.144. The Morgan fingerprint density at radius 2 is 1.85 bits per heavy atom. The molecule has 0 saturated heterocycles. The average Bonchev–Trinajstić information content (AvgIpc) is 2.46. The first-order valence-corrected chi connectivity index (χ1v) is 8.08. The second kappa shape index (κ2) is 8.98. The SMILES string of the molecule is CCCCC(CC)C(=O)NCC1CCC(C(=O)O)CC1. The molecule has 0 aromatic heterocycles. The molecule has 0 aromatic carbocycles. The van der Waals surface area contributed by atoms with E-state index >= 15 is 0 Å². The molecule has 0 spiro atoms. The van der Waals surface area contributed by atoms with Crippen molar-refractivity contribution in [3.05, 3.63) is 0 Å². The summed E-state index contributed by atoms with van der Waals surface area (Å²) in [6.45, 7) is 4.93. The van der Waals surface area contributed by atoms with Crippen molar-refractivity contribution in [3.8, 4) is 0 Å². The van der Waals surface area contributed by atoms with E-state index in [9.17, 15) is 9.59 Å². The zero-order valence-corrected chi connectivity index (χ0v) is 12.9. The van der Waals surface area contributed by atoms with Gasteiger partial charge in [-0.15, -0.1) is 0 Å². The fourth-order valence-electron chi connectivity index (χ4n) is 2.97. The molecule has 1 atom stereocenters. The van der Waals surface area contributed by atoms with Gasteiger partial charge in [0.25, 0.3) is 0 Å². The summed E-state index contributed by atoms with van der Waals surface area (Å²) < 4.78 is 0. The van der Waals surface area contributed by atoms with Gasteiger partial charge in [0.1, 0.15) is 0 Å². The van der Waals surface area contributed by atoms with Crippen LogP contribution in [0, 0.1) is 17.8 Å². The third-order valence-corrected chi connectivity index (χ3v) is 4.53. The van der Waals surface area contributed by atoms with E-state index in [-0.39, 0.29) is 17.7 Å². The third-order valence-electron chi connectivity index (χ3n) is 4.53. The molecule has 1 fully saturated rings. The lowest BCUT2D eigenvalue weighted by molar-refractivity contribution is -0.143. The van der Waals surface area contributed by atoms with Gasteiger partial charge in [0, 0.05) is 12.5 Å². The molecule has 1 aliphatic carbocycles. The fourth-order valence-corrected chi connectivity index (χ4v) is 2.97. The fraction of sp³-hybridized carbons (Fsp3) is 0.875. The zero-order chi connectivity index (χ0) is 15.0. The zero-order valence-electron chi connectivity index (χ0n) is 12.9. The largest absolute Gasteiger partial charge is 0.481 e. The predicted molar refractivity (Wildman–Crippen MR) is 79.4 cm³/mol. The number of rotatable bonds is 8. The summed E-state index contributed by atoms with van der Waals surface area (Å²) in [6, 6.07) is 0. The highest BCUT2D eigenvalue weighted by atomic mass is 16.4. The number of carboxylic acids is 1. The Morgan fingerprint density at radius 1 is 1.20 bits per heavy atom. The Hall–Kier alpha value is -1.06. The summed E-state index contributed by atoms with van der Waals surface area (Å²) in [6.07, 6.45) is 7.46. The number of unbranched alkanes of at least 4 members (excludes halogenated alkanes) is 1. The van der Waals surface area contributed by atoms with Crippen molar-refractivity contribution in [1.82, 2.24) is 5.32 Å². The molecular formula is C16H29NO3. The smallest absolute Gasteiger partial charge is 0.306 e. The molecule has 0 radical (unpaired) electrons. The van der Waals surface area contributed by atoms with E-state index < -0.39 is 5.97 Å². The standard InChI is InChI=1S/C16H29NO3/c1-3-5-6-13(4-2)15(18)17-11-12-7-9-14(10-8-12)16(19)20/h12-14H,3-11H2,1-2H3,(H,17,18)(H,19,20). The highest BCUT2D eigenvalue weighted by molar-refractivity contribution is 5.78. The van der Waals surface area contributed by atoms with Crippen LogP contribution in [-0.4, -0.2) is 23.5 Å². The molecule has 1 rings (SSSR count). The lowest BCUT2D eigenvalue weighted by Gasteiger charge is -2.26. The Balaban J connectivity index is 2.26. The van der Waals surface area contributed by atoms with Crippen LogP contribution in [0.3, 0.4) is 0 Å². The molecule has 4 heteroatoms. The Bertz CT molecular complexity index is 309. The maximum atomic E-state index is 12.1. The van der Waals surface area contributed by atoms with Gasteiger partial charge in [0.2, 0.25) is 5.91 Å². The van der Waals surface area contributed by atoms with E-state index in [4.69, 9.17) is 5.11 Å². The monoisotopic (exact) mass is 283 g/mol. The van der Waals surface area contributed by atoms with E-state index in [1.54, 1.807) is 0 Å². The van der Waals surface area contributed by atoms with Crippen molar-refractivity contribution < 1.29 is 14.7 Å². The lowest BCUT2D eigenvalue weighted by atomic mass is 9.82. The number of hydrogen-bond donors (Lipinski definition) is 2. The predicted octanol–water partition coefficient (Wildman–Crippen LogP) is 3.21. The minimum atomic E-state index is -0.668. The van der Waals surface area contributed by atoms with Crippen LogP contribution < -0.4 is 5.32 Å². The molecule has 0 bridgehead atoms. The number of aliphatic carboxylic acids is 1. The quantitative estimate of drug-likeness (QED) is 0.719. The third kappa shape index (κ3) is 5.51. The van der Waals surface area contributed by atoms with Crippen molar-refractivity contribution in [1.29, 1.82) is 0 Å². The molecule has 1 saturated carbocycles. The highest BCUT2D eigenvalue weighted by Gasteiger charge is 2.26. The van der Waals surface area contributed by atoms with E-state index in [1.807, 2.05) is 0 Å². The second-order valence-electron chi connectivity index (χ2n) is 6.05. The Labute approximate surface area is 122 Å². The van der Waals surface area contributed by atoms with Gasteiger partial charge in [-0.3, -0.25) is 9.59 Å². The van der Waals surface area contributed by atoms with Crippen molar-refractivity contribution in [3.63, 3.8) is 0 Å². The molecular weight excluding hydrogens is 254 g/mol. The molecule has 0 aromatic rings. The number of hydrogen-bond acceptors (Lipinski definition) is 2. The lowest BCUT2D eigenvalue weighted by Crippen LogP contribution is -2.36. The molecule has 1 unspecified atom stereocenters. The van der Waals surface area contributed by atoms with Crippen LogP contribution in [-0.2, 0) is 9.59 Å². The second-order valence-corrected chi connectivity index (χ2v) is 6.05. The van der Waals surface area contributed by atoms with Gasteiger partial charge in [0.05, 0.1) is 5.92 Å². The van der Waals surface area contributed by atoms with Crippen molar-refractivity contribution in [2.45, 2.75) is 65.2 Å². The van der Waals surface area contributed by atoms with Crippen LogP contribution in [0.25, 0.3) is 0 Å². The van der Waals surface area contributed by atoms with Crippen LogP contribution in [0.2, 0.25) is 0 Å². The highest BCUT2D eigenvalue weighted by Crippen LogP contribution is 2.28. The molecule has 1 amide bonds. The minimum Gasteiger partial charge on any atom is -0.481 e. The summed E-state index contributed by atoms with van der Waals surface area (Å²) in [5.41, 5.74) is 0. The molecule has 2 N–H and O–H groups in total. The van der Waals surface area contributed by atoms with Gasteiger partial charge in [-0.2, -0.15) is 0 Å². The Morgan fingerprint density at radius 3 is 2.35 bits per heavy atom. The van der Waals surface area contributed by atoms with Gasteiger partial charge < -0.3 is 10.4 Å². The first-order chi connectivity index (χ1) is 9.58. The number of carbonyl (C=O) groups excluding carboxylic acids is 1. The van der Waals surface area contributed by atoms with Crippen molar-refractivity contribution >= 4 is 11.9 Å².